The fraction of sp³-hybridized carbons (Fsp3) is 0.269. The van der Waals surface area contributed by atoms with Crippen molar-refractivity contribution in [3.8, 4) is 11.5 Å². The number of carbonyl (C=O) groups is 1. The van der Waals surface area contributed by atoms with Crippen molar-refractivity contribution < 1.29 is 14.3 Å². The van der Waals surface area contributed by atoms with Crippen LogP contribution in [0.15, 0.2) is 66.7 Å². The molecule has 4 heteroatoms. The van der Waals surface area contributed by atoms with Gasteiger partial charge < -0.3 is 14.8 Å². The molecule has 0 aliphatic rings. The van der Waals surface area contributed by atoms with Crippen LogP contribution < -0.4 is 14.8 Å². The van der Waals surface area contributed by atoms with Crippen LogP contribution in [0.4, 0.5) is 0 Å². The summed E-state index contributed by atoms with van der Waals surface area (Å²) in [5, 5.41) is 2.99. The summed E-state index contributed by atoms with van der Waals surface area (Å²) < 4.78 is 11.7. The lowest BCUT2D eigenvalue weighted by Gasteiger charge is -2.14. The van der Waals surface area contributed by atoms with Crippen LogP contribution in [0, 0.1) is 13.8 Å². The molecule has 1 amide bonds. The van der Waals surface area contributed by atoms with E-state index in [-0.39, 0.29) is 5.91 Å². The molecule has 0 heterocycles. The number of ether oxygens (including phenoxy) is 2. The molecule has 1 N–H and O–H groups in total. The lowest BCUT2D eigenvalue weighted by Crippen LogP contribution is -2.25. The normalized spacial score (nSPS) is 10.5. The van der Waals surface area contributed by atoms with Gasteiger partial charge in [-0.3, -0.25) is 4.79 Å². The van der Waals surface area contributed by atoms with Crippen molar-refractivity contribution in [2.45, 2.75) is 33.8 Å². The molecule has 0 bridgehead atoms. The zero-order valence-corrected chi connectivity index (χ0v) is 17.9. The summed E-state index contributed by atoms with van der Waals surface area (Å²) in [6.45, 7) is 7.56. The Morgan fingerprint density at radius 1 is 0.900 bits per heavy atom. The molecule has 3 rings (SSSR count). The van der Waals surface area contributed by atoms with Gasteiger partial charge in [-0.05, 0) is 74.2 Å². The fourth-order valence-corrected chi connectivity index (χ4v) is 3.16. The zero-order valence-electron chi connectivity index (χ0n) is 17.9. The Kier molecular flexibility index (Phi) is 7.50. The monoisotopic (exact) mass is 403 g/mol. The lowest BCUT2D eigenvalue weighted by molar-refractivity contribution is 0.0954. The van der Waals surface area contributed by atoms with E-state index in [4.69, 9.17) is 9.47 Å². The van der Waals surface area contributed by atoms with Crippen molar-refractivity contribution >= 4 is 5.91 Å². The first-order valence-corrected chi connectivity index (χ1v) is 10.3. The van der Waals surface area contributed by atoms with Crippen molar-refractivity contribution in [3.63, 3.8) is 0 Å². The SMILES string of the molecule is CCOc1ccc(C(=O)NCCc2ccccc2)cc1COc1ccc(C)c(C)c1. The fourth-order valence-electron chi connectivity index (χ4n) is 3.16. The Morgan fingerprint density at radius 2 is 1.70 bits per heavy atom. The van der Waals surface area contributed by atoms with Crippen LogP contribution in [0.2, 0.25) is 0 Å². The standard InChI is InChI=1S/C26H29NO3/c1-4-29-25-13-11-22(26(28)27-15-14-21-8-6-5-7-9-21)17-23(25)18-30-24-12-10-19(2)20(3)16-24/h5-13,16-17H,4,14-15,18H2,1-3H3,(H,27,28). The molecule has 0 atom stereocenters. The molecule has 0 radical (unpaired) electrons. The summed E-state index contributed by atoms with van der Waals surface area (Å²) in [4.78, 5) is 12.6. The van der Waals surface area contributed by atoms with Gasteiger partial charge in [-0.1, -0.05) is 36.4 Å². The molecular formula is C26H29NO3. The van der Waals surface area contributed by atoms with Gasteiger partial charge in [-0.2, -0.15) is 0 Å². The molecule has 0 unspecified atom stereocenters. The molecule has 0 aromatic heterocycles. The van der Waals surface area contributed by atoms with Gasteiger partial charge in [0, 0.05) is 17.7 Å². The number of amides is 1. The number of aryl methyl sites for hydroxylation is 2. The average Bonchev–Trinajstić information content (AvgIpc) is 2.76. The Morgan fingerprint density at radius 3 is 2.43 bits per heavy atom. The Labute approximate surface area is 178 Å². The van der Waals surface area contributed by atoms with E-state index in [0.717, 1.165) is 23.5 Å². The summed E-state index contributed by atoms with van der Waals surface area (Å²) >= 11 is 0. The molecule has 0 aliphatic carbocycles. The maximum absolute atomic E-state index is 12.6. The summed E-state index contributed by atoms with van der Waals surface area (Å²) in [7, 11) is 0. The van der Waals surface area contributed by atoms with Crippen molar-refractivity contribution in [2.24, 2.45) is 0 Å². The Bertz CT molecular complexity index is 983. The van der Waals surface area contributed by atoms with Gasteiger partial charge in [0.05, 0.1) is 6.61 Å². The molecule has 0 saturated heterocycles. The quantitative estimate of drug-likeness (QED) is 0.531. The summed E-state index contributed by atoms with van der Waals surface area (Å²) in [5.74, 6) is 1.45. The molecule has 0 aliphatic heterocycles. The number of nitrogens with one attached hydrogen (secondary N) is 1. The molecule has 0 spiro atoms. The van der Waals surface area contributed by atoms with Gasteiger partial charge in [0.25, 0.3) is 5.91 Å². The van der Waals surface area contributed by atoms with Gasteiger partial charge in [-0.15, -0.1) is 0 Å². The average molecular weight is 404 g/mol. The third-order valence-electron chi connectivity index (χ3n) is 5.04. The largest absolute Gasteiger partial charge is 0.493 e. The van der Waals surface area contributed by atoms with Crippen molar-refractivity contribution in [1.82, 2.24) is 5.32 Å². The van der Waals surface area contributed by atoms with E-state index in [1.807, 2.05) is 55.5 Å². The third-order valence-corrected chi connectivity index (χ3v) is 5.04. The summed E-state index contributed by atoms with van der Waals surface area (Å²) in [5.41, 5.74) is 5.07. The second-order valence-corrected chi connectivity index (χ2v) is 7.28. The minimum Gasteiger partial charge on any atom is -0.493 e. The molecule has 3 aromatic rings. The third kappa shape index (κ3) is 5.86. The maximum atomic E-state index is 12.6. The first kappa shape index (κ1) is 21.4. The van der Waals surface area contributed by atoms with E-state index in [1.54, 1.807) is 6.07 Å². The molecule has 30 heavy (non-hydrogen) atoms. The highest BCUT2D eigenvalue weighted by atomic mass is 16.5. The zero-order chi connectivity index (χ0) is 21.3. The highest BCUT2D eigenvalue weighted by Gasteiger charge is 2.11. The first-order chi connectivity index (χ1) is 14.6. The molecule has 156 valence electrons. The van der Waals surface area contributed by atoms with Gasteiger partial charge in [-0.25, -0.2) is 0 Å². The number of hydrogen-bond acceptors (Lipinski definition) is 3. The summed E-state index contributed by atoms with van der Waals surface area (Å²) in [6, 6.07) is 21.6. The number of rotatable bonds is 9. The van der Waals surface area contributed by atoms with Crippen molar-refractivity contribution in [1.29, 1.82) is 0 Å². The van der Waals surface area contributed by atoms with Crippen LogP contribution in [-0.2, 0) is 13.0 Å². The van der Waals surface area contributed by atoms with E-state index in [9.17, 15) is 4.79 Å². The Balaban J connectivity index is 1.66. The maximum Gasteiger partial charge on any atom is 0.251 e. The molecule has 3 aromatic carbocycles. The highest BCUT2D eigenvalue weighted by molar-refractivity contribution is 5.94. The number of carbonyl (C=O) groups excluding carboxylic acids is 1. The predicted octanol–water partition coefficient (Wildman–Crippen LogP) is 5.25. The molecule has 4 nitrogen and oxygen atoms in total. The predicted molar refractivity (Wildman–Crippen MR) is 120 cm³/mol. The second kappa shape index (κ2) is 10.5. The van der Waals surface area contributed by atoms with Crippen LogP contribution in [0.3, 0.4) is 0 Å². The van der Waals surface area contributed by atoms with Gasteiger partial charge in [0.15, 0.2) is 0 Å². The van der Waals surface area contributed by atoms with Crippen LogP contribution in [0.5, 0.6) is 11.5 Å². The first-order valence-electron chi connectivity index (χ1n) is 10.3. The Hall–Kier alpha value is -3.27. The van der Waals surface area contributed by atoms with Crippen LogP contribution in [0.1, 0.15) is 39.5 Å². The van der Waals surface area contributed by atoms with Crippen LogP contribution >= 0.6 is 0 Å². The molecule has 0 fully saturated rings. The highest BCUT2D eigenvalue weighted by Crippen LogP contribution is 2.24. The van der Waals surface area contributed by atoms with E-state index >= 15 is 0 Å². The van der Waals surface area contributed by atoms with Crippen LogP contribution in [-0.4, -0.2) is 19.1 Å². The minimum absolute atomic E-state index is 0.0959. The van der Waals surface area contributed by atoms with Crippen LogP contribution in [0.25, 0.3) is 0 Å². The van der Waals surface area contributed by atoms with Gasteiger partial charge >= 0.3 is 0 Å². The lowest BCUT2D eigenvalue weighted by atomic mass is 10.1. The van der Waals surface area contributed by atoms with Crippen molar-refractivity contribution in [2.75, 3.05) is 13.2 Å². The summed E-state index contributed by atoms with van der Waals surface area (Å²) in [6.07, 6.45) is 0.798. The minimum atomic E-state index is -0.0959. The van der Waals surface area contributed by atoms with E-state index in [0.29, 0.717) is 25.3 Å². The molecular weight excluding hydrogens is 374 g/mol. The van der Waals surface area contributed by atoms with Gasteiger partial charge in [0.1, 0.15) is 18.1 Å². The molecule has 0 saturated carbocycles. The topological polar surface area (TPSA) is 47.6 Å². The number of benzene rings is 3. The van der Waals surface area contributed by atoms with E-state index < -0.39 is 0 Å². The second-order valence-electron chi connectivity index (χ2n) is 7.28. The number of hydrogen-bond donors (Lipinski definition) is 1. The van der Waals surface area contributed by atoms with E-state index in [2.05, 4.69) is 31.3 Å². The van der Waals surface area contributed by atoms with Gasteiger partial charge in [0.2, 0.25) is 0 Å². The van der Waals surface area contributed by atoms with E-state index in [1.165, 1.54) is 16.7 Å². The smallest absolute Gasteiger partial charge is 0.251 e. The van der Waals surface area contributed by atoms with Crippen molar-refractivity contribution in [3.05, 3.63) is 94.5 Å².